The molecule has 4 heteroatoms. The molecule has 1 saturated heterocycles. The van der Waals surface area contributed by atoms with Gasteiger partial charge in [-0.25, -0.2) is 0 Å². The molecular formula is C16H24N2OS. The molecule has 3 rings (SSSR count). The minimum absolute atomic E-state index is 0.547. The second-order valence-electron chi connectivity index (χ2n) is 5.70. The molecule has 110 valence electrons. The van der Waals surface area contributed by atoms with Gasteiger partial charge in [0.15, 0.2) is 0 Å². The number of fused-ring (bicyclic) bond motifs is 1. The lowest BCUT2D eigenvalue weighted by Gasteiger charge is -2.28. The van der Waals surface area contributed by atoms with E-state index in [0.29, 0.717) is 6.04 Å². The van der Waals surface area contributed by atoms with E-state index >= 15 is 0 Å². The van der Waals surface area contributed by atoms with Crippen molar-refractivity contribution in [2.45, 2.75) is 37.5 Å². The third kappa shape index (κ3) is 3.30. The van der Waals surface area contributed by atoms with Crippen molar-refractivity contribution in [2.24, 2.45) is 0 Å². The maximum Gasteiger partial charge on any atom is 0.0477 e. The van der Waals surface area contributed by atoms with Crippen molar-refractivity contribution >= 4 is 17.6 Å². The second-order valence-corrected chi connectivity index (χ2v) is 6.89. The van der Waals surface area contributed by atoms with Gasteiger partial charge in [-0.1, -0.05) is 30.1 Å². The van der Waals surface area contributed by atoms with Crippen molar-refractivity contribution in [1.29, 1.82) is 0 Å². The van der Waals surface area contributed by atoms with Gasteiger partial charge in [-0.2, -0.15) is 0 Å². The molecule has 0 saturated carbocycles. The number of hydrogen-bond donors (Lipinski definition) is 1. The van der Waals surface area contributed by atoms with Gasteiger partial charge in [0.1, 0.15) is 0 Å². The Morgan fingerprint density at radius 2 is 2.15 bits per heavy atom. The highest BCUT2D eigenvalue weighted by atomic mass is 32.2. The summed E-state index contributed by atoms with van der Waals surface area (Å²) in [5.74, 6) is 0. The average molecular weight is 292 g/mol. The molecule has 0 spiro atoms. The van der Waals surface area contributed by atoms with E-state index in [2.05, 4.69) is 40.8 Å². The largest absolute Gasteiger partial charge is 0.381 e. The first kappa shape index (κ1) is 14.2. The smallest absolute Gasteiger partial charge is 0.0477 e. The lowest BCUT2D eigenvalue weighted by molar-refractivity contribution is 0.0999. The van der Waals surface area contributed by atoms with Crippen LogP contribution in [0.15, 0.2) is 24.3 Å². The van der Waals surface area contributed by atoms with E-state index in [1.165, 1.54) is 30.5 Å². The molecular weight excluding hydrogens is 268 g/mol. The van der Waals surface area contributed by atoms with Gasteiger partial charge < -0.3 is 9.64 Å². The number of para-hydroxylation sites is 1. The Morgan fingerprint density at radius 3 is 3.00 bits per heavy atom. The molecule has 2 aliphatic rings. The zero-order chi connectivity index (χ0) is 13.8. The van der Waals surface area contributed by atoms with E-state index < -0.39 is 0 Å². The number of ether oxygens (including phenoxy) is 1. The van der Waals surface area contributed by atoms with Crippen LogP contribution in [-0.2, 0) is 11.2 Å². The molecule has 1 aromatic carbocycles. The van der Waals surface area contributed by atoms with Gasteiger partial charge in [-0.3, -0.25) is 4.72 Å². The fourth-order valence-corrected chi connectivity index (χ4v) is 4.01. The van der Waals surface area contributed by atoms with Crippen LogP contribution in [0.25, 0.3) is 0 Å². The van der Waals surface area contributed by atoms with Crippen LogP contribution in [0.4, 0.5) is 5.69 Å². The van der Waals surface area contributed by atoms with Gasteiger partial charge in [0.2, 0.25) is 0 Å². The summed E-state index contributed by atoms with van der Waals surface area (Å²) in [4.78, 5) is 2.53. The zero-order valence-corrected chi connectivity index (χ0v) is 13.0. The third-order valence-corrected chi connectivity index (χ3v) is 5.39. The first-order valence-corrected chi connectivity index (χ1v) is 8.53. The SMILES string of the molecule is CC(CNSC1CCOCC1)N1CCc2ccccc21. The van der Waals surface area contributed by atoms with E-state index in [1.54, 1.807) is 0 Å². The summed E-state index contributed by atoms with van der Waals surface area (Å²) in [5.41, 5.74) is 2.93. The highest BCUT2D eigenvalue weighted by Crippen LogP contribution is 2.29. The maximum absolute atomic E-state index is 5.40. The number of hydrogen-bond acceptors (Lipinski definition) is 4. The lowest BCUT2D eigenvalue weighted by atomic mass is 10.2. The van der Waals surface area contributed by atoms with Gasteiger partial charge in [-0.05, 0) is 37.8 Å². The van der Waals surface area contributed by atoms with Crippen molar-refractivity contribution in [1.82, 2.24) is 4.72 Å². The van der Waals surface area contributed by atoms with Crippen molar-refractivity contribution < 1.29 is 4.74 Å². The number of nitrogens with one attached hydrogen (secondary N) is 1. The van der Waals surface area contributed by atoms with Gasteiger partial charge in [0.05, 0.1) is 0 Å². The molecule has 0 aliphatic carbocycles. The van der Waals surface area contributed by atoms with E-state index in [1.807, 2.05) is 11.9 Å². The quantitative estimate of drug-likeness (QED) is 0.844. The first-order valence-electron chi connectivity index (χ1n) is 7.65. The fraction of sp³-hybridized carbons (Fsp3) is 0.625. The second kappa shape index (κ2) is 6.83. The number of rotatable bonds is 5. The zero-order valence-electron chi connectivity index (χ0n) is 12.2. The summed E-state index contributed by atoms with van der Waals surface area (Å²) in [6.07, 6.45) is 3.55. The topological polar surface area (TPSA) is 24.5 Å². The fourth-order valence-electron chi connectivity index (χ4n) is 3.01. The summed E-state index contributed by atoms with van der Waals surface area (Å²) < 4.78 is 8.98. The Balaban J connectivity index is 1.46. The van der Waals surface area contributed by atoms with Crippen molar-refractivity contribution in [3.8, 4) is 0 Å². The molecule has 3 nitrogen and oxygen atoms in total. The van der Waals surface area contributed by atoms with E-state index in [9.17, 15) is 0 Å². The molecule has 1 fully saturated rings. The van der Waals surface area contributed by atoms with Crippen LogP contribution in [0.3, 0.4) is 0 Å². The normalized spacial score (nSPS) is 20.9. The minimum atomic E-state index is 0.547. The van der Waals surface area contributed by atoms with Crippen molar-refractivity contribution in [3.63, 3.8) is 0 Å². The Kier molecular flexibility index (Phi) is 4.86. The Labute approximate surface area is 126 Å². The molecule has 1 aromatic rings. The van der Waals surface area contributed by atoms with E-state index in [-0.39, 0.29) is 0 Å². The van der Waals surface area contributed by atoms with Crippen molar-refractivity contribution in [3.05, 3.63) is 29.8 Å². The highest BCUT2D eigenvalue weighted by Gasteiger charge is 2.23. The van der Waals surface area contributed by atoms with E-state index in [4.69, 9.17) is 4.74 Å². The lowest BCUT2D eigenvalue weighted by Crippen LogP contribution is -2.38. The molecule has 2 aliphatic heterocycles. The standard InChI is InChI=1S/C16H24N2OS/c1-13(12-17-20-15-7-10-19-11-8-15)18-9-6-14-4-2-3-5-16(14)18/h2-5,13,15,17H,6-12H2,1H3. The predicted octanol–water partition coefficient (Wildman–Crippen LogP) is 2.85. The molecule has 1 atom stereocenters. The third-order valence-electron chi connectivity index (χ3n) is 4.25. The van der Waals surface area contributed by atoms with Crippen LogP contribution in [0.5, 0.6) is 0 Å². The van der Waals surface area contributed by atoms with Crippen LogP contribution in [0, 0.1) is 0 Å². The molecule has 20 heavy (non-hydrogen) atoms. The Hall–Kier alpha value is -0.710. The molecule has 0 radical (unpaired) electrons. The predicted molar refractivity (Wildman–Crippen MR) is 86.4 cm³/mol. The number of benzene rings is 1. The highest BCUT2D eigenvalue weighted by molar-refractivity contribution is 7.98. The van der Waals surface area contributed by atoms with E-state index in [0.717, 1.165) is 31.6 Å². The van der Waals surface area contributed by atoms with Crippen LogP contribution < -0.4 is 9.62 Å². The summed E-state index contributed by atoms with van der Waals surface area (Å²) in [6, 6.07) is 9.35. The van der Waals surface area contributed by atoms with Crippen LogP contribution in [0.2, 0.25) is 0 Å². The van der Waals surface area contributed by atoms with Gasteiger partial charge in [0.25, 0.3) is 0 Å². The number of anilines is 1. The molecule has 1 unspecified atom stereocenters. The monoisotopic (exact) mass is 292 g/mol. The van der Waals surface area contributed by atoms with Crippen molar-refractivity contribution in [2.75, 3.05) is 31.2 Å². The molecule has 1 N–H and O–H groups in total. The Bertz CT molecular complexity index is 434. The van der Waals surface area contributed by atoms with Gasteiger partial charge >= 0.3 is 0 Å². The Morgan fingerprint density at radius 1 is 1.35 bits per heavy atom. The van der Waals surface area contributed by atoms with Gasteiger partial charge in [0, 0.05) is 43.3 Å². The van der Waals surface area contributed by atoms with Crippen LogP contribution in [-0.4, -0.2) is 37.6 Å². The van der Waals surface area contributed by atoms with Crippen LogP contribution >= 0.6 is 11.9 Å². The van der Waals surface area contributed by atoms with Crippen LogP contribution in [0.1, 0.15) is 25.3 Å². The summed E-state index contributed by atoms with van der Waals surface area (Å²) in [5, 5.41) is 0.724. The van der Waals surface area contributed by atoms with Gasteiger partial charge in [-0.15, -0.1) is 0 Å². The molecule has 0 amide bonds. The summed E-state index contributed by atoms with van der Waals surface area (Å²) in [6.45, 7) is 6.36. The molecule has 0 aromatic heterocycles. The maximum atomic E-state index is 5.40. The molecule has 2 heterocycles. The minimum Gasteiger partial charge on any atom is -0.381 e. The first-order chi connectivity index (χ1) is 9.84. The number of nitrogens with zero attached hydrogens (tertiary/aromatic N) is 1. The molecule has 0 bridgehead atoms. The summed E-state index contributed by atoms with van der Waals surface area (Å²) >= 11 is 1.91. The summed E-state index contributed by atoms with van der Waals surface area (Å²) in [7, 11) is 0. The average Bonchev–Trinajstić information content (AvgIpc) is 2.92.